The largest absolute Gasteiger partial charge is 0.482 e. The molecular formula is C23H24FN3O3. The van der Waals surface area contributed by atoms with E-state index in [1.807, 2.05) is 43.9 Å². The number of rotatable bonds is 5. The maximum Gasteiger partial charge on any atom is 0.260 e. The summed E-state index contributed by atoms with van der Waals surface area (Å²) in [7, 11) is 0. The fraction of sp³-hybridized carbons (Fsp3) is 0.304. The molecule has 0 atom stereocenters. The van der Waals surface area contributed by atoms with Crippen LogP contribution in [0.5, 0.6) is 0 Å². The van der Waals surface area contributed by atoms with Crippen molar-refractivity contribution in [1.82, 2.24) is 4.98 Å². The highest BCUT2D eigenvalue weighted by molar-refractivity contribution is 6.32. The highest BCUT2D eigenvalue weighted by atomic mass is 19.1. The van der Waals surface area contributed by atoms with Crippen LogP contribution < -0.4 is 10.2 Å². The van der Waals surface area contributed by atoms with Gasteiger partial charge in [0.15, 0.2) is 0 Å². The van der Waals surface area contributed by atoms with Gasteiger partial charge in [-0.2, -0.15) is 0 Å². The number of likely N-dealkylation sites (N-methyl/N-ethyl adjacent to an activating group) is 1. The first-order valence-corrected chi connectivity index (χ1v) is 9.93. The summed E-state index contributed by atoms with van der Waals surface area (Å²) in [5.74, 6) is 0.477. The molecular weight excluding hydrogens is 385 g/mol. The Morgan fingerprint density at radius 2 is 2.07 bits per heavy atom. The highest BCUT2D eigenvalue weighted by Gasteiger charge is 2.38. The van der Waals surface area contributed by atoms with Gasteiger partial charge < -0.3 is 20.1 Å². The van der Waals surface area contributed by atoms with Gasteiger partial charge in [-0.25, -0.2) is 9.37 Å². The molecule has 2 N–H and O–H groups in total. The maximum absolute atomic E-state index is 13.8. The number of nitrogens with zero attached hydrogens (tertiary/aromatic N) is 2. The quantitative estimate of drug-likeness (QED) is 0.739. The van der Waals surface area contributed by atoms with Crippen molar-refractivity contribution in [1.29, 1.82) is 0 Å². The summed E-state index contributed by atoms with van der Waals surface area (Å²) in [6.07, 6.45) is 3.60. The zero-order chi connectivity index (χ0) is 21.5. The van der Waals surface area contributed by atoms with E-state index in [4.69, 9.17) is 4.74 Å². The van der Waals surface area contributed by atoms with E-state index in [2.05, 4.69) is 10.3 Å². The molecule has 1 amide bonds. The number of halogens is 1. The van der Waals surface area contributed by atoms with Crippen LogP contribution in [0.1, 0.15) is 31.9 Å². The number of fused-ring (bicyclic) bond motifs is 1. The van der Waals surface area contributed by atoms with Crippen LogP contribution in [0.3, 0.4) is 0 Å². The molecule has 0 saturated heterocycles. The molecule has 6 nitrogen and oxygen atoms in total. The lowest BCUT2D eigenvalue weighted by Gasteiger charge is -2.24. The SMILES string of the molecule is CCN(CCO)c1ccc(C2=C/C(=C3\C(=O)Nc4ccc(F)cc43)OC2(C)C)cn1. The number of pyridine rings is 1. The van der Waals surface area contributed by atoms with E-state index in [-0.39, 0.29) is 12.5 Å². The molecule has 0 bridgehead atoms. The predicted octanol–water partition coefficient (Wildman–Crippen LogP) is 3.59. The second kappa shape index (κ2) is 7.57. The van der Waals surface area contributed by atoms with Crippen molar-refractivity contribution in [2.75, 3.05) is 29.9 Å². The van der Waals surface area contributed by atoms with Gasteiger partial charge in [-0.3, -0.25) is 4.79 Å². The Hall–Kier alpha value is -3.19. The molecule has 2 aliphatic heterocycles. The number of nitrogens with one attached hydrogen (secondary N) is 1. The van der Waals surface area contributed by atoms with Gasteiger partial charge >= 0.3 is 0 Å². The third-order valence-corrected chi connectivity index (χ3v) is 5.40. The monoisotopic (exact) mass is 409 g/mol. The molecule has 156 valence electrons. The molecule has 30 heavy (non-hydrogen) atoms. The van der Waals surface area contributed by atoms with Crippen molar-refractivity contribution in [3.63, 3.8) is 0 Å². The Balaban J connectivity index is 1.73. The van der Waals surface area contributed by atoms with Gasteiger partial charge in [-0.1, -0.05) is 0 Å². The van der Waals surface area contributed by atoms with E-state index in [1.54, 1.807) is 12.3 Å². The van der Waals surface area contributed by atoms with Crippen LogP contribution in [0, 0.1) is 5.82 Å². The van der Waals surface area contributed by atoms with Gasteiger partial charge in [0.05, 0.1) is 12.2 Å². The molecule has 4 rings (SSSR count). The summed E-state index contributed by atoms with van der Waals surface area (Å²) in [6.45, 7) is 7.17. The number of hydrogen-bond donors (Lipinski definition) is 2. The van der Waals surface area contributed by atoms with Crippen molar-refractivity contribution >= 4 is 28.6 Å². The van der Waals surface area contributed by atoms with E-state index in [9.17, 15) is 14.3 Å². The second-order valence-corrected chi connectivity index (χ2v) is 7.76. The summed E-state index contributed by atoms with van der Waals surface area (Å²) in [5, 5.41) is 12.0. The summed E-state index contributed by atoms with van der Waals surface area (Å²) in [5.41, 5.74) is 2.47. The van der Waals surface area contributed by atoms with Gasteiger partial charge in [0, 0.05) is 41.7 Å². The van der Waals surface area contributed by atoms with E-state index >= 15 is 0 Å². The standard InChI is InChI=1S/C23H24FN3O3/c1-4-27(9-10-28)20-8-5-14(13-25-20)17-12-19(30-23(17,2)3)21-16-11-15(24)6-7-18(16)26-22(21)29/h5-8,11-13,28H,4,9-10H2,1-3H3,(H,26,29)/b21-19+. The average molecular weight is 409 g/mol. The molecule has 3 heterocycles. The summed E-state index contributed by atoms with van der Waals surface area (Å²) < 4.78 is 19.9. The summed E-state index contributed by atoms with van der Waals surface area (Å²) >= 11 is 0. The van der Waals surface area contributed by atoms with Crippen LogP contribution in [0.4, 0.5) is 15.9 Å². The lowest BCUT2D eigenvalue weighted by Crippen LogP contribution is -2.27. The molecule has 0 radical (unpaired) electrons. The van der Waals surface area contributed by atoms with Gasteiger partial charge in [-0.05, 0) is 57.2 Å². The maximum atomic E-state index is 13.8. The smallest absolute Gasteiger partial charge is 0.260 e. The highest BCUT2D eigenvalue weighted by Crippen LogP contribution is 2.44. The number of carbonyl (C=O) groups excluding carboxylic acids is 1. The van der Waals surface area contributed by atoms with Crippen LogP contribution in [-0.2, 0) is 9.53 Å². The molecule has 0 aliphatic carbocycles. The fourth-order valence-corrected chi connectivity index (χ4v) is 3.89. The Morgan fingerprint density at radius 1 is 1.27 bits per heavy atom. The number of amides is 1. The molecule has 7 heteroatoms. The van der Waals surface area contributed by atoms with E-state index in [0.717, 1.165) is 23.5 Å². The molecule has 0 fully saturated rings. The Labute approximate surface area is 174 Å². The lowest BCUT2D eigenvalue weighted by molar-refractivity contribution is -0.111. The average Bonchev–Trinajstić information content (AvgIpc) is 3.20. The molecule has 0 unspecified atom stereocenters. The van der Waals surface area contributed by atoms with Crippen LogP contribution in [-0.4, -0.2) is 41.3 Å². The minimum Gasteiger partial charge on any atom is -0.482 e. The Morgan fingerprint density at radius 3 is 2.73 bits per heavy atom. The van der Waals surface area contributed by atoms with Crippen molar-refractivity contribution in [2.24, 2.45) is 0 Å². The van der Waals surface area contributed by atoms with Crippen molar-refractivity contribution < 1.29 is 19.0 Å². The molecule has 1 aromatic carbocycles. The first-order chi connectivity index (χ1) is 14.3. The third-order valence-electron chi connectivity index (χ3n) is 5.40. The van der Waals surface area contributed by atoms with Crippen molar-refractivity contribution in [3.05, 3.63) is 65.3 Å². The number of ether oxygens (including phenoxy) is 1. The van der Waals surface area contributed by atoms with E-state index in [1.165, 1.54) is 12.1 Å². The number of carbonyl (C=O) groups is 1. The summed E-state index contributed by atoms with van der Waals surface area (Å²) in [4.78, 5) is 19.1. The second-order valence-electron chi connectivity index (χ2n) is 7.76. The molecule has 0 saturated carbocycles. The number of allylic oxidation sites excluding steroid dienone is 1. The zero-order valence-corrected chi connectivity index (χ0v) is 17.2. The van der Waals surface area contributed by atoms with Gasteiger partial charge in [0.2, 0.25) is 0 Å². The van der Waals surface area contributed by atoms with Crippen molar-refractivity contribution in [2.45, 2.75) is 26.4 Å². The number of benzene rings is 1. The molecule has 2 aromatic rings. The van der Waals surface area contributed by atoms with Crippen LogP contribution in [0.15, 0.2) is 48.4 Å². The first-order valence-electron chi connectivity index (χ1n) is 9.93. The van der Waals surface area contributed by atoms with Crippen LogP contribution in [0.2, 0.25) is 0 Å². The van der Waals surface area contributed by atoms with Gasteiger partial charge in [-0.15, -0.1) is 0 Å². The Bertz CT molecular complexity index is 1060. The number of anilines is 2. The minimum atomic E-state index is -0.683. The van der Waals surface area contributed by atoms with E-state index < -0.39 is 11.4 Å². The fourth-order valence-electron chi connectivity index (χ4n) is 3.89. The van der Waals surface area contributed by atoms with Gasteiger partial charge in [0.25, 0.3) is 5.91 Å². The minimum absolute atomic E-state index is 0.0599. The zero-order valence-electron chi connectivity index (χ0n) is 17.2. The number of aliphatic hydroxyl groups is 1. The number of aliphatic hydroxyl groups excluding tert-OH is 1. The van der Waals surface area contributed by atoms with Gasteiger partial charge in [0.1, 0.15) is 23.0 Å². The normalized spacial score (nSPS) is 19.2. The first kappa shape index (κ1) is 20.1. The topological polar surface area (TPSA) is 74.7 Å². The molecule has 2 aliphatic rings. The summed E-state index contributed by atoms with van der Waals surface area (Å²) in [6, 6.07) is 8.07. The third kappa shape index (κ3) is 3.45. The van der Waals surface area contributed by atoms with Crippen LogP contribution >= 0.6 is 0 Å². The Kier molecular flexibility index (Phi) is 5.07. The van der Waals surface area contributed by atoms with Crippen molar-refractivity contribution in [3.8, 4) is 0 Å². The van der Waals surface area contributed by atoms with E-state index in [0.29, 0.717) is 29.1 Å². The van der Waals surface area contributed by atoms with Crippen LogP contribution in [0.25, 0.3) is 11.1 Å². The number of hydrogen-bond acceptors (Lipinski definition) is 5. The molecule has 0 spiro atoms. The molecule has 1 aromatic heterocycles. The lowest BCUT2D eigenvalue weighted by atomic mass is 9.93. The number of aromatic nitrogens is 1. The predicted molar refractivity (Wildman–Crippen MR) is 114 cm³/mol.